The average molecular weight is 743 g/mol. The van der Waals surface area contributed by atoms with Crippen LogP contribution < -0.4 is 32.4 Å². The maximum Gasteiger partial charge on any atom is 0.303 e. The third-order valence-corrected chi connectivity index (χ3v) is 10.4. The molecule has 4 aromatic heterocycles. The first-order valence-electron chi connectivity index (χ1n) is 18.0. The summed E-state index contributed by atoms with van der Waals surface area (Å²) in [6.07, 6.45) is 3.65. The standard InChI is InChI=1S/C40H50N6O8/c1-16-24(9-11-32(49)50)29-15-30-25(10-12-33(51)52)17(2)27(44-30)14-31-34(22(7)47)19(4)37(46-31)36(39(53)21(6)42-40(54)20(5)41)38-35(23(8)48)18(3)28(45-38)13-26(16)43-29/h13-15,20-23,43-48H,9-12,41H2,1-8H3,(H,42,54)(H,49,50)(H,51,52)/t20-,21-,22?,23?/m0/s1. The van der Waals surface area contributed by atoms with E-state index >= 15 is 0 Å². The number of aliphatic hydroxyl groups excluding tert-OH is 2. The van der Waals surface area contributed by atoms with Crippen LogP contribution >= 0.6 is 0 Å². The summed E-state index contributed by atoms with van der Waals surface area (Å²) in [4.78, 5) is 64.5. The molecule has 5 heterocycles. The normalized spacial score (nSPS) is 14.7. The molecule has 0 aliphatic carbocycles. The number of rotatable bonds is 12. The predicted molar refractivity (Wildman–Crippen MR) is 203 cm³/mol. The molecule has 4 atom stereocenters. The van der Waals surface area contributed by atoms with Gasteiger partial charge < -0.3 is 51.4 Å². The highest BCUT2D eigenvalue weighted by Crippen LogP contribution is 2.31. The van der Waals surface area contributed by atoms with Crippen LogP contribution in [-0.2, 0) is 32.0 Å². The van der Waals surface area contributed by atoms with Crippen molar-refractivity contribution >= 4 is 47.4 Å². The molecule has 1 aliphatic rings. The number of hydrogen-bond acceptors (Lipinski definition) is 7. The molecular weight excluding hydrogens is 692 g/mol. The van der Waals surface area contributed by atoms with Gasteiger partial charge in [-0.25, -0.2) is 0 Å². The van der Waals surface area contributed by atoms with Crippen LogP contribution in [0.5, 0.6) is 0 Å². The van der Waals surface area contributed by atoms with Crippen molar-refractivity contribution in [2.75, 3.05) is 0 Å². The van der Waals surface area contributed by atoms with Crippen molar-refractivity contribution in [2.24, 2.45) is 5.73 Å². The van der Waals surface area contributed by atoms with Crippen LogP contribution in [0.25, 0.3) is 23.8 Å². The van der Waals surface area contributed by atoms with Gasteiger partial charge in [-0.3, -0.25) is 19.2 Å². The lowest BCUT2D eigenvalue weighted by Gasteiger charge is -2.17. The van der Waals surface area contributed by atoms with E-state index in [1.807, 2.05) is 32.9 Å². The molecule has 4 aromatic rings. The third-order valence-electron chi connectivity index (χ3n) is 10.4. The van der Waals surface area contributed by atoms with Gasteiger partial charge in [0.05, 0.1) is 40.9 Å². The highest BCUT2D eigenvalue weighted by molar-refractivity contribution is 6.23. The van der Waals surface area contributed by atoms with Crippen LogP contribution in [0.15, 0.2) is 0 Å². The van der Waals surface area contributed by atoms with Crippen LogP contribution in [0.3, 0.4) is 0 Å². The van der Waals surface area contributed by atoms with Crippen molar-refractivity contribution < 1.29 is 39.6 Å². The van der Waals surface area contributed by atoms with Gasteiger partial charge in [-0.1, -0.05) is 0 Å². The van der Waals surface area contributed by atoms with E-state index in [0.29, 0.717) is 66.4 Å². The first-order chi connectivity index (χ1) is 25.3. The van der Waals surface area contributed by atoms with Crippen molar-refractivity contribution in [3.8, 4) is 0 Å². The number of aliphatic carboxylic acids is 2. The number of H-pyrrole nitrogens is 4. The monoisotopic (exact) mass is 742 g/mol. The Morgan fingerprint density at radius 1 is 0.667 bits per heavy atom. The topological polar surface area (TPSA) is 250 Å². The predicted octanol–water partition coefficient (Wildman–Crippen LogP) is 0.793. The Morgan fingerprint density at radius 3 is 1.80 bits per heavy atom. The molecule has 1 amide bonds. The number of ketones is 1. The number of aromatic nitrogens is 4. The fraction of sp³-hybridized carbons (Fsp3) is 0.400. The van der Waals surface area contributed by atoms with Gasteiger partial charge >= 0.3 is 11.9 Å². The number of carbonyl (C=O) groups excluding carboxylic acids is 2. The van der Waals surface area contributed by atoms with E-state index in [4.69, 9.17) is 5.73 Å². The number of aromatic amines is 4. The van der Waals surface area contributed by atoms with Crippen LogP contribution in [0.4, 0.5) is 0 Å². The quantitative estimate of drug-likeness (QED) is 0.0984. The Morgan fingerprint density at radius 2 is 1.22 bits per heavy atom. The van der Waals surface area contributed by atoms with E-state index in [9.17, 15) is 39.6 Å². The summed E-state index contributed by atoms with van der Waals surface area (Å²) >= 11 is 0. The fourth-order valence-corrected chi connectivity index (χ4v) is 7.46. The number of nitrogens with two attached hydrogens (primary N) is 1. The molecule has 0 aromatic carbocycles. The molecule has 11 N–H and O–H groups in total. The molecular formula is C40H50N6O8. The summed E-state index contributed by atoms with van der Waals surface area (Å²) in [6.45, 7) is 13.6. The highest BCUT2D eigenvalue weighted by Gasteiger charge is 2.30. The molecule has 288 valence electrons. The number of nitrogens with one attached hydrogen (secondary N) is 5. The van der Waals surface area contributed by atoms with E-state index in [1.165, 1.54) is 6.92 Å². The molecule has 54 heavy (non-hydrogen) atoms. The molecule has 0 radical (unpaired) electrons. The molecule has 14 heteroatoms. The Hall–Kier alpha value is -5.44. The van der Waals surface area contributed by atoms with Gasteiger partial charge in [0.15, 0.2) is 5.78 Å². The molecule has 14 nitrogen and oxygen atoms in total. The number of fused-ring (bicyclic) bond motifs is 8. The van der Waals surface area contributed by atoms with Crippen molar-refractivity contribution in [3.05, 3.63) is 88.7 Å². The third kappa shape index (κ3) is 7.63. The highest BCUT2D eigenvalue weighted by atomic mass is 16.4. The summed E-state index contributed by atoms with van der Waals surface area (Å²) in [5.74, 6) is -2.92. The molecule has 0 spiro atoms. The van der Waals surface area contributed by atoms with Crippen molar-refractivity contribution in [1.29, 1.82) is 0 Å². The minimum atomic E-state index is -1.04. The van der Waals surface area contributed by atoms with Crippen LogP contribution in [-0.4, -0.2) is 76.1 Å². The van der Waals surface area contributed by atoms with Crippen molar-refractivity contribution in [1.82, 2.24) is 25.3 Å². The lowest BCUT2D eigenvalue weighted by atomic mass is 9.94. The van der Waals surface area contributed by atoms with Gasteiger partial charge in [0.25, 0.3) is 0 Å². The second-order valence-corrected chi connectivity index (χ2v) is 14.3. The number of aliphatic hydroxyl groups is 2. The number of carboxylic acid groups (broad SMARTS) is 2. The number of Topliss-reactive ketones (excluding diaryl/α,β-unsaturated/α-hetero) is 1. The summed E-state index contributed by atoms with van der Waals surface area (Å²) < 4.78 is 0. The lowest BCUT2D eigenvalue weighted by molar-refractivity contribution is -0.138. The molecule has 2 unspecified atom stereocenters. The zero-order valence-corrected chi connectivity index (χ0v) is 31.9. The average Bonchev–Trinajstić information content (AvgIpc) is 3.76. The summed E-state index contributed by atoms with van der Waals surface area (Å²) in [6, 6.07) is -1.92. The van der Waals surface area contributed by atoms with E-state index < -0.39 is 47.9 Å². The van der Waals surface area contributed by atoms with Crippen LogP contribution in [0.1, 0.15) is 120 Å². The lowest BCUT2D eigenvalue weighted by Crippen LogP contribution is -2.47. The molecule has 8 bridgehead atoms. The fourth-order valence-electron chi connectivity index (χ4n) is 7.46. The zero-order chi connectivity index (χ0) is 39.9. The second-order valence-electron chi connectivity index (χ2n) is 14.3. The minimum absolute atomic E-state index is 0.125. The van der Waals surface area contributed by atoms with Crippen LogP contribution in [0, 0.1) is 27.7 Å². The molecule has 1 aliphatic heterocycles. The first-order valence-corrected chi connectivity index (χ1v) is 18.0. The van der Waals surface area contributed by atoms with Crippen molar-refractivity contribution in [2.45, 2.75) is 105 Å². The summed E-state index contributed by atoms with van der Waals surface area (Å²) in [7, 11) is 0. The van der Waals surface area contributed by atoms with Crippen LogP contribution in [0.2, 0.25) is 0 Å². The van der Waals surface area contributed by atoms with Gasteiger partial charge in [-0.05, 0) is 120 Å². The van der Waals surface area contributed by atoms with Gasteiger partial charge in [0.2, 0.25) is 5.91 Å². The van der Waals surface area contributed by atoms with Gasteiger partial charge in [-0.2, -0.15) is 0 Å². The number of hydrogen-bond donors (Lipinski definition) is 10. The number of amides is 1. The van der Waals surface area contributed by atoms with Crippen molar-refractivity contribution in [3.63, 3.8) is 0 Å². The van der Waals surface area contributed by atoms with E-state index in [1.54, 1.807) is 33.8 Å². The maximum atomic E-state index is 14.7. The Labute approximate surface area is 311 Å². The molecule has 0 fully saturated rings. The van der Waals surface area contributed by atoms with E-state index in [-0.39, 0.29) is 31.3 Å². The SMILES string of the molecule is Cc1c2[nH]c(c1CCC(=O)O)C=c1[nH]c(c(C)c1CCC(=O)O)=Cc1[nH]c(c(C)c1C(C)O)C(C(=O)[C@H](C)NC(=O)[C@H](C)N)=c1[nH]c(c(C)c1C(C)O)=C2. The zero-order valence-electron chi connectivity index (χ0n) is 31.9. The number of carboxylic acids is 2. The summed E-state index contributed by atoms with van der Waals surface area (Å²) in [5.41, 5.74) is 13.4. The number of carbonyl (C=O) groups is 4. The maximum absolute atomic E-state index is 14.7. The minimum Gasteiger partial charge on any atom is -0.481 e. The Kier molecular flexibility index (Phi) is 11.4. The summed E-state index contributed by atoms with van der Waals surface area (Å²) in [5, 5.41) is 46.5. The van der Waals surface area contributed by atoms with Gasteiger partial charge in [0, 0.05) is 57.1 Å². The molecule has 0 saturated heterocycles. The van der Waals surface area contributed by atoms with E-state index in [2.05, 4.69) is 25.3 Å². The van der Waals surface area contributed by atoms with E-state index in [0.717, 1.165) is 22.3 Å². The first kappa shape index (κ1) is 39.8. The van der Waals surface area contributed by atoms with Gasteiger partial charge in [0.1, 0.15) is 0 Å². The molecule has 5 rings (SSSR count). The second kappa shape index (κ2) is 15.5. The molecule has 0 saturated carbocycles. The Bertz CT molecular complexity index is 2420. The smallest absolute Gasteiger partial charge is 0.303 e. The van der Waals surface area contributed by atoms with Gasteiger partial charge in [-0.15, -0.1) is 0 Å². The Balaban J connectivity index is 2.01. The largest absolute Gasteiger partial charge is 0.481 e.